The van der Waals surface area contributed by atoms with Crippen molar-refractivity contribution in [3.8, 4) is 0 Å². The zero-order valence-corrected chi connectivity index (χ0v) is 11.9. The van der Waals surface area contributed by atoms with Gasteiger partial charge in [-0.25, -0.2) is 9.97 Å². The first-order chi connectivity index (χ1) is 9.75. The first kappa shape index (κ1) is 13.0. The highest BCUT2D eigenvalue weighted by molar-refractivity contribution is 7.18. The fourth-order valence-corrected chi connectivity index (χ4v) is 3.05. The predicted octanol–water partition coefficient (Wildman–Crippen LogP) is 3.15. The van der Waals surface area contributed by atoms with E-state index in [0.717, 1.165) is 27.2 Å². The number of thiophene rings is 1. The molecule has 0 fully saturated rings. The summed E-state index contributed by atoms with van der Waals surface area (Å²) < 4.78 is 1.03. The monoisotopic (exact) mass is 285 g/mol. The van der Waals surface area contributed by atoms with Gasteiger partial charge in [0.05, 0.1) is 16.3 Å². The van der Waals surface area contributed by atoms with E-state index in [1.54, 1.807) is 17.7 Å². The number of aromatic nitrogens is 2. The number of anilines is 1. The maximum atomic E-state index is 10.2. The van der Waals surface area contributed by atoms with Crippen LogP contribution in [0.15, 0.2) is 42.0 Å². The molecule has 1 unspecified atom stereocenters. The molecule has 0 aliphatic heterocycles. The molecule has 1 atom stereocenters. The van der Waals surface area contributed by atoms with Crippen LogP contribution in [0.2, 0.25) is 0 Å². The maximum absolute atomic E-state index is 10.2. The second-order valence-electron chi connectivity index (χ2n) is 4.63. The highest BCUT2D eigenvalue weighted by Crippen LogP contribution is 2.28. The van der Waals surface area contributed by atoms with Crippen LogP contribution in [-0.2, 0) is 0 Å². The molecule has 102 valence electrons. The van der Waals surface area contributed by atoms with Gasteiger partial charge >= 0.3 is 0 Å². The summed E-state index contributed by atoms with van der Waals surface area (Å²) in [5.41, 5.74) is 3.02. The molecule has 2 aromatic heterocycles. The van der Waals surface area contributed by atoms with E-state index in [9.17, 15) is 5.11 Å². The standard InChI is InChI=1S/C15H15N3OS/c1-10-8-20-14-13(10)17-9-18-15(14)16-7-12(19)11-5-3-2-4-6-11/h2-6,8-9,12,19H,7H2,1H3,(H,16,17,18). The van der Waals surface area contributed by atoms with Crippen molar-refractivity contribution < 1.29 is 5.11 Å². The third kappa shape index (κ3) is 2.50. The van der Waals surface area contributed by atoms with Crippen LogP contribution in [0.4, 0.5) is 5.82 Å². The smallest absolute Gasteiger partial charge is 0.147 e. The number of fused-ring (bicyclic) bond motifs is 1. The van der Waals surface area contributed by atoms with Gasteiger partial charge in [-0.15, -0.1) is 11.3 Å². The van der Waals surface area contributed by atoms with Crippen LogP contribution in [0, 0.1) is 6.92 Å². The summed E-state index contributed by atoms with van der Waals surface area (Å²) in [4.78, 5) is 8.55. The lowest BCUT2D eigenvalue weighted by Crippen LogP contribution is -2.13. The molecule has 2 heterocycles. The second-order valence-corrected chi connectivity index (χ2v) is 5.51. The lowest BCUT2D eigenvalue weighted by Gasteiger charge is -2.12. The quantitative estimate of drug-likeness (QED) is 0.773. The Labute approximate surface area is 121 Å². The average Bonchev–Trinajstić information content (AvgIpc) is 2.88. The Bertz CT molecular complexity index is 711. The van der Waals surface area contributed by atoms with Crippen molar-refractivity contribution in [2.24, 2.45) is 0 Å². The molecule has 5 heteroatoms. The van der Waals surface area contributed by atoms with E-state index in [0.29, 0.717) is 6.54 Å². The molecule has 4 nitrogen and oxygen atoms in total. The number of nitrogens with one attached hydrogen (secondary N) is 1. The molecule has 3 aromatic rings. The van der Waals surface area contributed by atoms with Crippen LogP contribution in [0.25, 0.3) is 10.2 Å². The van der Waals surface area contributed by atoms with E-state index in [4.69, 9.17) is 0 Å². The SMILES string of the molecule is Cc1csc2c(NCC(O)c3ccccc3)ncnc12. The largest absolute Gasteiger partial charge is 0.387 e. The van der Waals surface area contributed by atoms with Crippen molar-refractivity contribution >= 4 is 27.4 Å². The van der Waals surface area contributed by atoms with Crippen LogP contribution in [-0.4, -0.2) is 21.6 Å². The minimum atomic E-state index is -0.553. The second kappa shape index (κ2) is 5.56. The third-order valence-electron chi connectivity index (χ3n) is 3.18. The molecule has 2 N–H and O–H groups in total. The van der Waals surface area contributed by atoms with E-state index in [1.807, 2.05) is 37.3 Å². The van der Waals surface area contributed by atoms with E-state index < -0.39 is 6.10 Å². The fraction of sp³-hybridized carbons (Fsp3) is 0.200. The van der Waals surface area contributed by atoms with Gasteiger partial charge < -0.3 is 10.4 Å². The van der Waals surface area contributed by atoms with Crippen LogP contribution < -0.4 is 5.32 Å². The number of hydrogen-bond acceptors (Lipinski definition) is 5. The minimum Gasteiger partial charge on any atom is -0.387 e. The van der Waals surface area contributed by atoms with Crippen molar-refractivity contribution in [1.82, 2.24) is 9.97 Å². The van der Waals surface area contributed by atoms with Crippen molar-refractivity contribution in [3.63, 3.8) is 0 Å². The molecule has 0 saturated heterocycles. The van der Waals surface area contributed by atoms with Crippen molar-refractivity contribution in [3.05, 3.63) is 53.2 Å². The molecule has 0 saturated carbocycles. The first-order valence-corrected chi connectivity index (χ1v) is 7.29. The van der Waals surface area contributed by atoms with Gasteiger partial charge in [-0.3, -0.25) is 0 Å². The Kier molecular flexibility index (Phi) is 3.62. The topological polar surface area (TPSA) is 58.0 Å². The van der Waals surface area contributed by atoms with Gasteiger partial charge in [-0.2, -0.15) is 0 Å². The Morgan fingerprint density at radius 1 is 1.25 bits per heavy atom. The summed E-state index contributed by atoms with van der Waals surface area (Å²) in [6.07, 6.45) is 1.00. The van der Waals surface area contributed by atoms with Gasteiger partial charge in [-0.1, -0.05) is 30.3 Å². The fourth-order valence-electron chi connectivity index (χ4n) is 2.08. The van der Waals surface area contributed by atoms with Crippen LogP contribution >= 0.6 is 11.3 Å². The molecule has 1 aromatic carbocycles. The van der Waals surface area contributed by atoms with Crippen molar-refractivity contribution in [1.29, 1.82) is 0 Å². The third-order valence-corrected chi connectivity index (χ3v) is 4.27. The zero-order chi connectivity index (χ0) is 13.9. The van der Waals surface area contributed by atoms with Gasteiger partial charge in [0.2, 0.25) is 0 Å². The van der Waals surface area contributed by atoms with E-state index in [-0.39, 0.29) is 0 Å². The number of aliphatic hydroxyl groups excluding tert-OH is 1. The van der Waals surface area contributed by atoms with E-state index in [2.05, 4.69) is 20.7 Å². The molecule has 0 bridgehead atoms. The number of benzene rings is 1. The van der Waals surface area contributed by atoms with Gasteiger partial charge in [0, 0.05) is 6.54 Å². The molecule has 0 aliphatic carbocycles. The number of aliphatic hydroxyl groups is 1. The molecular formula is C15H15N3OS. The first-order valence-electron chi connectivity index (χ1n) is 6.41. The molecule has 3 rings (SSSR count). The van der Waals surface area contributed by atoms with E-state index >= 15 is 0 Å². The van der Waals surface area contributed by atoms with Crippen LogP contribution in [0.5, 0.6) is 0 Å². The molecule has 0 radical (unpaired) electrons. The average molecular weight is 285 g/mol. The minimum absolute atomic E-state index is 0.424. The highest BCUT2D eigenvalue weighted by atomic mass is 32.1. The molecule has 0 amide bonds. The number of aryl methyl sites for hydroxylation is 1. The maximum Gasteiger partial charge on any atom is 0.147 e. The van der Waals surface area contributed by atoms with Crippen LogP contribution in [0.1, 0.15) is 17.2 Å². The summed E-state index contributed by atoms with van der Waals surface area (Å²) in [7, 11) is 0. The summed E-state index contributed by atoms with van der Waals surface area (Å²) >= 11 is 1.62. The number of rotatable bonds is 4. The molecular weight excluding hydrogens is 270 g/mol. The summed E-state index contributed by atoms with van der Waals surface area (Å²) in [5.74, 6) is 0.781. The Balaban J connectivity index is 1.77. The zero-order valence-electron chi connectivity index (χ0n) is 11.1. The van der Waals surface area contributed by atoms with Crippen molar-refractivity contribution in [2.45, 2.75) is 13.0 Å². The van der Waals surface area contributed by atoms with E-state index in [1.165, 1.54) is 0 Å². The molecule has 20 heavy (non-hydrogen) atoms. The Hall–Kier alpha value is -1.98. The van der Waals surface area contributed by atoms with Gasteiger partial charge in [-0.05, 0) is 23.4 Å². The van der Waals surface area contributed by atoms with Crippen molar-refractivity contribution in [2.75, 3.05) is 11.9 Å². The lowest BCUT2D eigenvalue weighted by molar-refractivity contribution is 0.191. The summed E-state index contributed by atoms with van der Waals surface area (Å²) in [5, 5.41) is 15.4. The Morgan fingerprint density at radius 2 is 2.05 bits per heavy atom. The van der Waals surface area contributed by atoms with Crippen LogP contribution in [0.3, 0.4) is 0 Å². The summed E-state index contributed by atoms with van der Waals surface area (Å²) in [6.45, 7) is 2.46. The highest BCUT2D eigenvalue weighted by Gasteiger charge is 2.10. The normalized spacial score (nSPS) is 12.5. The van der Waals surface area contributed by atoms with Gasteiger partial charge in [0.1, 0.15) is 12.1 Å². The lowest BCUT2D eigenvalue weighted by atomic mass is 10.1. The molecule has 0 aliphatic rings. The molecule has 0 spiro atoms. The predicted molar refractivity (Wildman–Crippen MR) is 82.0 cm³/mol. The summed E-state index contributed by atoms with van der Waals surface area (Å²) in [6, 6.07) is 9.61. The van der Waals surface area contributed by atoms with Gasteiger partial charge in [0.25, 0.3) is 0 Å². The number of nitrogens with zero attached hydrogens (tertiary/aromatic N) is 2. The van der Waals surface area contributed by atoms with Gasteiger partial charge in [0.15, 0.2) is 0 Å². The Morgan fingerprint density at radius 3 is 2.85 bits per heavy atom. The number of hydrogen-bond donors (Lipinski definition) is 2.